The van der Waals surface area contributed by atoms with E-state index in [0.29, 0.717) is 5.69 Å². The standard InChI is InChI=1S/C15H22FNO/c1-15(7-5-3-4-6-8-15)11-9-12(16)13(17-2)10-14(11)18/h9-10,17-18H,3-8H2,1-2H3. The molecule has 0 heterocycles. The molecule has 1 saturated carbocycles. The van der Waals surface area contributed by atoms with Crippen LogP contribution < -0.4 is 5.32 Å². The lowest BCUT2D eigenvalue weighted by atomic mass is 9.75. The van der Waals surface area contributed by atoms with Crippen LogP contribution in [0.5, 0.6) is 5.75 Å². The Morgan fingerprint density at radius 2 is 1.78 bits per heavy atom. The molecule has 0 saturated heterocycles. The Bertz CT molecular complexity index is 423. The molecule has 0 aromatic heterocycles. The summed E-state index contributed by atoms with van der Waals surface area (Å²) in [5, 5.41) is 12.9. The van der Waals surface area contributed by atoms with Crippen LogP contribution in [0.15, 0.2) is 12.1 Å². The number of aromatic hydroxyl groups is 1. The van der Waals surface area contributed by atoms with Crippen molar-refractivity contribution in [2.24, 2.45) is 0 Å². The third-order valence-corrected chi connectivity index (χ3v) is 4.21. The summed E-state index contributed by atoms with van der Waals surface area (Å²) < 4.78 is 13.9. The topological polar surface area (TPSA) is 32.3 Å². The number of rotatable bonds is 2. The van der Waals surface area contributed by atoms with Gasteiger partial charge >= 0.3 is 0 Å². The molecule has 2 rings (SSSR count). The fourth-order valence-electron chi connectivity index (χ4n) is 3.02. The Labute approximate surface area is 108 Å². The smallest absolute Gasteiger partial charge is 0.146 e. The number of hydrogen-bond acceptors (Lipinski definition) is 2. The van der Waals surface area contributed by atoms with Crippen molar-refractivity contribution in [3.63, 3.8) is 0 Å². The van der Waals surface area contributed by atoms with Crippen molar-refractivity contribution in [3.8, 4) is 5.75 Å². The van der Waals surface area contributed by atoms with Gasteiger partial charge in [-0.05, 0) is 24.3 Å². The van der Waals surface area contributed by atoms with Crippen molar-refractivity contribution in [1.29, 1.82) is 0 Å². The average Bonchev–Trinajstić information content (AvgIpc) is 2.57. The number of benzene rings is 1. The van der Waals surface area contributed by atoms with E-state index >= 15 is 0 Å². The number of hydrogen-bond donors (Lipinski definition) is 2. The van der Waals surface area contributed by atoms with Gasteiger partial charge in [0, 0.05) is 18.7 Å². The molecule has 1 fully saturated rings. The fourth-order valence-corrected chi connectivity index (χ4v) is 3.02. The van der Waals surface area contributed by atoms with Crippen molar-refractivity contribution < 1.29 is 9.50 Å². The van der Waals surface area contributed by atoms with E-state index in [2.05, 4.69) is 12.2 Å². The van der Waals surface area contributed by atoms with E-state index in [1.54, 1.807) is 7.05 Å². The Kier molecular flexibility index (Phi) is 3.79. The van der Waals surface area contributed by atoms with E-state index in [1.807, 2.05) is 0 Å². The van der Waals surface area contributed by atoms with Gasteiger partial charge in [0.25, 0.3) is 0 Å². The Hall–Kier alpha value is -1.25. The second kappa shape index (κ2) is 5.17. The Morgan fingerprint density at radius 1 is 1.17 bits per heavy atom. The van der Waals surface area contributed by atoms with Crippen LogP contribution in [-0.2, 0) is 5.41 Å². The summed E-state index contributed by atoms with van der Waals surface area (Å²) >= 11 is 0. The second-order valence-electron chi connectivity index (χ2n) is 5.57. The third-order valence-electron chi connectivity index (χ3n) is 4.21. The van der Waals surface area contributed by atoms with Crippen molar-refractivity contribution in [3.05, 3.63) is 23.5 Å². The summed E-state index contributed by atoms with van der Waals surface area (Å²) in [4.78, 5) is 0. The molecule has 18 heavy (non-hydrogen) atoms. The zero-order chi connectivity index (χ0) is 13.2. The average molecular weight is 251 g/mol. The maximum Gasteiger partial charge on any atom is 0.146 e. The van der Waals surface area contributed by atoms with Crippen LogP contribution in [-0.4, -0.2) is 12.2 Å². The minimum absolute atomic E-state index is 0.0896. The monoisotopic (exact) mass is 251 g/mol. The summed E-state index contributed by atoms with van der Waals surface area (Å²) in [5.74, 6) is -0.0686. The van der Waals surface area contributed by atoms with Gasteiger partial charge in [0.15, 0.2) is 0 Å². The molecule has 2 N–H and O–H groups in total. The molecular formula is C15H22FNO. The van der Waals surface area contributed by atoms with Crippen molar-refractivity contribution in [2.75, 3.05) is 12.4 Å². The first-order valence-corrected chi connectivity index (χ1v) is 6.77. The SMILES string of the molecule is CNc1cc(O)c(C2(C)CCCCCC2)cc1F. The van der Waals surface area contributed by atoms with Gasteiger partial charge in [-0.1, -0.05) is 32.6 Å². The van der Waals surface area contributed by atoms with Crippen molar-refractivity contribution >= 4 is 5.69 Å². The molecule has 0 aliphatic heterocycles. The predicted molar refractivity (Wildman–Crippen MR) is 72.7 cm³/mol. The first kappa shape index (κ1) is 13.2. The van der Waals surface area contributed by atoms with Crippen LogP contribution in [0.1, 0.15) is 51.0 Å². The summed E-state index contributed by atoms with van der Waals surface area (Å²) in [7, 11) is 1.66. The molecule has 3 heteroatoms. The lowest BCUT2D eigenvalue weighted by Crippen LogP contribution is -2.21. The highest BCUT2D eigenvalue weighted by atomic mass is 19.1. The first-order chi connectivity index (χ1) is 8.57. The van der Waals surface area contributed by atoms with Gasteiger partial charge in [0.1, 0.15) is 11.6 Å². The van der Waals surface area contributed by atoms with Gasteiger partial charge in [0.2, 0.25) is 0 Å². The van der Waals surface area contributed by atoms with E-state index in [9.17, 15) is 9.50 Å². The minimum atomic E-state index is -0.282. The van der Waals surface area contributed by atoms with Crippen LogP contribution >= 0.6 is 0 Å². The van der Waals surface area contributed by atoms with Crippen molar-refractivity contribution in [1.82, 2.24) is 0 Å². The molecule has 0 unspecified atom stereocenters. The molecule has 0 spiro atoms. The lowest BCUT2D eigenvalue weighted by molar-refractivity contribution is 0.377. The molecule has 100 valence electrons. The molecule has 1 aromatic carbocycles. The van der Waals surface area contributed by atoms with E-state index in [1.165, 1.54) is 25.0 Å². The van der Waals surface area contributed by atoms with E-state index in [0.717, 1.165) is 31.2 Å². The number of nitrogens with one attached hydrogen (secondary N) is 1. The highest BCUT2D eigenvalue weighted by Crippen LogP contribution is 2.43. The van der Waals surface area contributed by atoms with Gasteiger partial charge in [-0.15, -0.1) is 0 Å². The predicted octanol–water partition coefficient (Wildman–Crippen LogP) is 4.18. The molecule has 0 atom stereocenters. The summed E-state index contributed by atoms with van der Waals surface area (Å²) in [6.07, 6.45) is 6.86. The molecule has 0 bridgehead atoms. The van der Waals surface area contributed by atoms with Crippen LogP contribution in [0.25, 0.3) is 0 Å². The molecule has 0 radical (unpaired) electrons. The van der Waals surface area contributed by atoms with Crippen LogP contribution in [0.4, 0.5) is 10.1 Å². The largest absolute Gasteiger partial charge is 0.508 e. The Morgan fingerprint density at radius 3 is 2.33 bits per heavy atom. The summed E-state index contributed by atoms with van der Waals surface area (Å²) in [6, 6.07) is 3.01. The van der Waals surface area contributed by atoms with Crippen LogP contribution in [0, 0.1) is 5.82 Å². The zero-order valence-corrected chi connectivity index (χ0v) is 11.2. The number of halogens is 1. The lowest BCUT2D eigenvalue weighted by Gasteiger charge is -2.29. The number of anilines is 1. The minimum Gasteiger partial charge on any atom is -0.508 e. The highest BCUT2D eigenvalue weighted by Gasteiger charge is 2.31. The molecule has 1 aromatic rings. The molecule has 2 nitrogen and oxygen atoms in total. The van der Waals surface area contributed by atoms with Gasteiger partial charge in [0.05, 0.1) is 5.69 Å². The molecule has 0 amide bonds. The maximum absolute atomic E-state index is 13.9. The van der Waals surface area contributed by atoms with Crippen LogP contribution in [0.3, 0.4) is 0 Å². The first-order valence-electron chi connectivity index (χ1n) is 6.77. The van der Waals surface area contributed by atoms with Gasteiger partial charge in [-0.2, -0.15) is 0 Å². The maximum atomic E-state index is 13.9. The van der Waals surface area contributed by atoms with E-state index in [-0.39, 0.29) is 17.0 Å². The second-order valence-corrected chi connectivity index (χ2v) is 5.57. The van der Waals surface area contributed by atoms with E-state index < -0.39 is 0 Å². The van der Waals surface area contributed by atoms with Gasteiger partial charge < -0.3 is 10.4 Å². The normalized spacial score (nSPS) is 19.3. The van der Waals surface area contributed by atoms with Gasteiger partial charge in [-0.25, -0.2) is 4.39 Å². The summed E-state index contributed by atoms with van der Waals surface area (Å²) in [5.41, 5.74) is 1.03. The van der Waals surface area contributed by atoms with Crippen LogP contribution in [0.2, 0.25) is 0 Å². The highest BCUT2D eigenvalue weighted by molar-refractivity contribution is 5.54. The van der Waals surface area contributed by atoms with Gasteiger partial charge in [-0.3, -0.25) is 0 Å². The zero-order valence-electron chi connectivity index (χ0n) is 11.2. The van der Waals surface area contributed by atoms with E-state index in [4.69, 9.17) is 0 Å². The van der Waals surface area contributed by atoms with Crippen molar-refractivity contribution in [2.45, 2.75) is 50.9 Å². The quantitative estimate of drug-likeness (QED) is 0.773. The molecule has 1 aliphatic carbocycles. The molecule has 1 aliphatic rings. The fraction of sp³-hybridized carbons (Fsp3) is 0.600. The number of phenolic OH excluding ortho intramolecular Hbond substituents is 1. The Balaban J connectivity index is 2.39. The summed E-state index contributed by atoms with van der Waals surface area (Å²) in [6.45, 7) is 2.14. The molecular weight excluding hydrogens is 229 g/mol. The third kappa shape index (κ3) is 2.45. The number of phenols is 1.